The van der Waals surface area contributed by atoms with E-state index in [1.54, 1.807) is 24.3 Å². The zero-order valence-corrected chi connectivity index (χ0v) is 16.0. The van der Waals surface area contributed by atoms with E-state index in [0.717, 1.165) is 17.0 Å². The quantitative estimate of drug-likeness (QED) is 0.492. The van der Waals surface area contributed by atoms with Gasteiger partial charge in [0.15, 0.2) is 0 Å². The fourth-order valence-electron chi connectivity index (χ4n) is 2.69. The first-order chi connectivity index (χ1) is 14.4. The third kappa shape index (κ3) is 4.91. The summed E-state index contributed by atoms with van der Waals surface area (Å²) in [5.41, 5.74) is 6.86. The fraction of sp³-hybridized carbons (Fsp3) is 0.0909. The number of anilines is 2. The Morgan fingerprint density at radius 3 is 2.23 bits per heavy atom. The van der Waals surface area contributed by atoms with Crippen LogP contribution < -0.4 is 15.4 Å². The average Bonchev–Trinajstić information content (AvgIpc) is 2.74. The minimum absolute atomic E-state index is 0.0855. The standard InChI is InChI=1S/C22H18F2N2O4/c1-29-21(27)15-4-2-14(3-5-15)13-26(20-11-6-16(23)12-19(20)24)22(28)30-18-9-7-17(25)8-10-18/h2-12H,13,25H2,1H3. The predicted molar refractivity (Wildman–Crippen MR) is 107 cm³/mol. The molecule has 0 bridgehead atoms. The number of rotatable bonds is 5. The molecule has 0 unspecified atom stereocenters. The molecule has 0 aromatic heterocycles. The smallest absolute Gasteiger partial charge is 0.420 e. The number of amides is 1. The van der Waals surface area contributed by atoms with Gasteiger partial charge >= 0.3 is 12.1 Å². The molecule has 0 aliphatic carbocycles. The molecule has 154 valence electrons. The Morgan fingerprint density at radius 2 is 1.63 bits per heavy atom. The monoisotopic (exact) mass is 412 g/mol. The molecule has 0 fully saturated rings. The zero-order valence-electron chi connectivity index (χ0n) is 16.0. The third-order valence-electron chi connectivity index (χ3n) is 4.22. The van der Waals surface area contributed by atoms with E-state index >= 15 is 0 Å². The molecule has 2 N–H and O–H groups in total. The van der Waals surface area contributed by atoms with Crippen LogP contribution in [0.3, 0.4) is 0 Å². The van der Waals surface area contributed by atoms with Gasteiger partial charge in [0.25, 0.3) is 0 Å². The van der Waals surface area contributed by atoms with Gasteiger partial charge in [0.05, 0.1) is 24.9 Å². The van der Waals surface area contributed by atoms with Crippen molar-refractivity contribution in [1.82, 2.24) is 0 Å². The molecule has 8 heteroatoms. The van der Waals surface area contributed by atoms with Crippen LogP contribution >= 0.6 is 0 Å². The maximum Gasteiger partial charge on any atom is 0.420 e. The van der Waals surface area contributed by atoms with Gasteiger partial charge in [-0.1, -0.05) is 12.1 Å². The number of carbonyl (C=O) groups is 2. The summed E-state index contributed by atoms with van der Waals surface area (Å²) in [7, 11) is 1.27. The van der Waals surface area contributed by atoms with Crippen LogP contribution in [0.1, 0.15) is 15.9 Å². The Balaban J connectivity index is 1.89. The van der Waals surface area contributed by atoms with Gasteiger partial charge in [0.1, 0.15) is 17.4 Å². The Kier molecular flexibility index (Phi) is 6.26. The van der Waals surface area contributed by atoms with Gasteiger partial charge in [-0.25, -0.2) is 18.4 Å². The molecule has 3 aromatic carbocycles. The Hall–Kier alpha value is -3.94. The molecule has 3 aromatic rings. The van der Waals surface area contributed by atoms with Gasteiger partial charge in [-0.3, -0.25) is 4.90 Å². The van der Waals surface area contributed by atoms with Crippen molar-refractivity contribution >= 4 is 23.4 Å². The molecule has 0 aliphatic rings. The van der Waals surface area contributed by atoms with Crippen molar-refractivity contribution in [3.63, 3.8) is 0 Å². The minimum Gasteiger partial charge on any atom is -0.465 e. The molecule has 0 saturated heterocycles. The van der Waals surface area contributed by atoms with E-state index in [2.05, 4.69) is 4.74 Å². The Bertz CT molecular complexity index is 1050. The first kappa shape index (κ1) is 20.8. The molecule has 1 amide bonds. The second kappa shape index (κ2) is 9.04. The molecule has 0 aliphatic heterocycles. The Morgan fingerprint density at radius 1 is 0.967 bits per heavy atom. The van der Waals surface area contributed by atoms with Gasteiger partial charge in [0, 0.05) is 11.8 Å². The summed E-state index contributed by atoms with van der Waals surface area (Å²) in [4.78, 5) is 25.4. The number of methoxy groups -OCH3 is 1. The highest BCUT2D eigenvalue weighted by Gasteiger charge is 2.22. The Labute approximate surface area is 171 Å². The minimum atomic E-state index is -0.921. The number of esters is 1. The molecule has 6 nitrogen and oxygen atoms in total. The zero-order chi connectivity index (χ0) is 21.7. The number of nitrogen functional groups attached to an aromatic ring is 1. The lowest BCUT2D eigenvalue weighted by atomic mass is 10.1. The molecular weight excluding hydrogens is 394 g/mol. The van der Waals surface area contributed by atoms with Crippen LogP contribution in [-0.2, 0) is 11.3 Å². The second-order valence-corrected chi connectivity index (χ2v) is 6.31. The first-order valence-electron chi connectivity index (χ1n) is 8.84. The van der Waals surface area contributed by atoms with Gasteiger partial charge in [0.2, 0.25) is 0 Å². The van der Waals surface area contributed by atoms with E-state index in [1.165, 1.54) is 31.4 Å². The summed E-state index contributed by atoms with van der Waals surface area (Å²) in [6, 6.07) is 15.2. The van der Waals surface area contributed by atoms with E-state index < -0.39 is 23.7 Å². The second-order valence-electron chi connectivity index (χ2n) is 6.31. The summed E-state index contributed by atoms with van der Waals surface area (Å²) < 4.78 is 37.7. The number of hydrogen-bond donors (Lipinski definition) is 1. The number of nitrogens with two attached hydrogens (primary N) is 1. The molecule has 0 saturated carbocycles. The van der Waals surface area contributed by atoms with E-state index in [9.17, 15) is 18.4 Å². The third-order valence-corrected chi connectivity index (χ3v) is 4.22. The maximum absolute atomic E-state index is 14.4. The van der Waals surface area contributed by atoms with Gasteiger partial charge in [-0.05, 0) is 54.1 Å². The van der Waals surface area contributed by atoms with Crippen molar-refractivity contribution in [2.45, 2.75) is 6.54 Å². The molecule has 30 heavy (non-hydrogen) atoms. The van der Waals surface area contributed by atoms with Gasteiger partial charge in [-0.15, -0.1) is 0 Å². The van der Waals surface area contributed by atoms with Crippen LogP contribution in [-0.4, -0.2) is 19.2 Å². The van der Waals surface area contributed by atoms with Crippen LogP contribution in [0.5, 0.6) is 5.75 Å². The lowest BCUT2D eigenvalue weighted by molar-refractivity contribution is 0.0600. The molecule has 0 spiro atoms. The summed E-state index contributed by atoms with van der Waals surface area (Å²) in [5.74, 6) is -1.99. The summed E-state index contributed by atoms with van der Waals surface area (Å²) >= 11 is 0. The topological polar surface area (TPSA) is 81.9 Å². The largest absolute Gasteiger partial charge is 0.465 e. The van der Waals surface area contributed by atoms with E-state index in [4.69, 9.17) is 10.5 Å². The van der Waals surface area contributed by atoms with Crippen molar-refractivity contribution < 1.29 is 27.8 Å². The SMILES string of the molecule is COC(=O)c1ccc(CN(C(=O)Oc2ccc(N)cc2)c2ccc(F)cc2F)cc1. The molecule has 3 rings (SSSR count). The number of ether oxygens (including phenoxy) is 2. The van der Waals surface area contributed by atoms with Gasteiger partial charge < -0.3 is 15.2 Å². The number of benzene rings is 3. The summed E-state index contributed by atoms with van der Waals surface area (Å²) in [6.07, 6.45) is -0.873. The van der Waals surface area contributed by atoms with Crippen LogP contribution in [0.25, 0.3) is 0 Å². The highest BCUT2D eigenvalue weighted by molar-refractivity contribution is 5.90. The predicted octanol–water partition coefficient (Wildman–Crippen LogP) is 4.54. The van der Waals surface area contributed by atoms with E-state index in [0.29, 0.717) is 22.9 Å². The number of nitrogens with zero attached hydrogens (tertiary/aromatic N) is 1. The highest BCUT2D eigenvalue weighted by Crippen LogP contribution is 2.25. The number of halogens is 2. The fourth-order valence-corrected chi connectivity index (χ4v) is 2.69. The van der Waals surface area contributed by atoms with Crippen LogP contribution in [0.15, 0.2) is 66.7 Å². The normalized spacial score (nSPS) is 10.4. The van der Waals surface area contributed by atoms with Crippen molar-refractivity contribution in [2.24, 2.45) is 0 Å². The van der Waals surface area contributed by atoms with Crippen molar-refractivity contribution in [3.8, 4) is 5.75 Å². The van der Waals surface area contributed by atoms with Crippen LogP contribution in [0.2, 0.25) is 0 Å². The summed E-state index contributed by atoms with van der Waals surface area (Å²) in [5, 5.41) is 0. The van der Waals surface area contributed by atoms with Crippen molar-refractivity contribution in [2.75, 3.05) is 17.7 Å². The van der Waals surface area contributed by atoms with Crippen molar-refractivity contribution in [3.05, 3.63) is 89.5 Å². The highest BCUT2D eigenvalue weighted by atomic mass is 19.1. The molecule has 0 heterocycles. The molecule has 0 atom stereocenters. The number of hydrogen-bond acceptors (Lipinski definition) is 5. The molecule has 0 radical (unpaired) electrons. The molecular formula is C22H18F2N2O4. The lowest BCUT2D eigenvalue weighted by Gasteiger charge is -2.23. The van der Waals surface area contributed by atoms with E-state index in [1.807, 2.05) is 0 Å². The number of carbonyl (C=O) groups excluding carboxylic acids is 2. The first-order valence-corrected chi connectivity index (χ1v) is 8.84. The van der Waals surface area contributed by atoms with E-state index in [-0.39, 0.29) is 18.0 Å². The van der Waals surface area contributed by atoms with Crippen LogP contribution in [0, 0.1) is 11.6 Å². The van der Waals surface area contributed by atoms with Crippen molar-refractivity contribution in [1.29, 1.82) is 0 Å². The maximum atomic E-state index is 14.4. The average molecular weight is 412 g/mol. The summed E-state index contributed by atoms with van der Waals surface area (Å²) in [6.45, 7) is -0.0855. The lowest BCUT2D eigenvalue weighted by Crippen LogP contribution is -2.33. The van der Waals surface area contributed by atoms with Crippen LogP contribution in [0.4, 0.5) is 25.0 Å². The van der Waals surface area contributed by atoms with Gasteiger partial charge in [-0.2, -0.15) is 0 Å².